The minimum absolute atomic E-state index is 0.533. The van der Waals surface area contributed by atoms with Crippen molar-refractivity contribution in [2.24, 2.45) is 0 Å². The number of hydrogen-bond acceptors (Lipinski definition) is 2. The van der Waals surface area contributed by atoms with E-state index in [-0.39, 0.29) is 0 Å². The fourth-order valence-corrected chi connectivity index (χ4v) is 3.15. The van der Waals surface area contributed by atoms with E-state index in [2.05, 4.69) is 42.7 Å². The van der Waals surface area contributed by atoms with E-state index < -0.39 is 0 Å². The Kier molecular flexibility index (Phi) is 6.81. The molecule has 0 heterocycles. The molecule has 1 aliphatic carbocycles. The van der Waals surface area contributed by atoms with Gasteiger partial charge in [-0.15, -0.1) is 0 Å². The molecule has 0 bridgehead atoms. The highest BCUT2D eigenvalue weighted by Gasteiger charge is 2.13. The van der Waals surface area contributed by atoms with E-state index in [0.29, 0.717) is 6.04 Å². The largest absolute Gasteiger partial charge is 0.497 e. The third-order valence-electron chi connectivity index (χ3n) is 4.50. The first-order chi connectivity index (χ1) is 10.3. The van der Waals surface area contributed by atoms with Gasteiger partial charge in [-0.3, -0.25) is 0 Å². The third-order valence-corrected chi connectivity index (χ3v) is 4.50. The Labute approximate surface area is 129 Å². The molecule has 116 valence electrons. The predicted molar refractivity (Wildman–Crippen MR) is 89.9 cm³/mol. The number of aryl methyl sites for hydroxylation is 1. The molecule has 0 spiro atoms. The van der Waals surface area contributed by atoms with Crippen LogP contribution in [0.3, 0.4) is 0 Å². The molecule has 2 nitrogen and oxygen atoms in total. The molecule has 1 aromatic carbocycles. The normalized spacial score (nSPS) is 20.0. The minimum Gasteiger partial charge on any atom is -0.497 e. The second kappa shape index (κ2) is 8.89. The lowest BCUT2D eigenvalue weighted by Gasteiger charge is -2.22. The summed E-state index contributed by atoms with van der Waals surface area (Å²) in [6.07, 6.45) is 12.8. The van der Waals surface area contributed by atoms with Crippen molar-refractivity contribution >= 4 is 0 Å². The SMILES string of the molecule is CNC(CCc1ccc(OC)cc1)/C1=C/CCCCCC1. The van der Waals surface area contributed by atoms with Crippen LogP contribution in [-0.4, -0.2) is 20.2 Å². The number of likely N-dealkylation sites (N-methyl/N-ethyl adjacent to an activating group) is 1. The van der Waals surface area contributed by atoms with Gasteiger partial charge in [0.1, 0.15) is 5.75 Å². The second-order valence-electron chi connectivity index (χ2n) is 5.96. The summed E-state index contributed by atoms with van der Waals surface area (Å²) in [5.41, 5.74) is 3.02. The maximum atomic E-state index is 5.22. The lowest BCUT2D eigenvalue weighted by Crippen LogP contribution is -2.28. The van der Waals surface area contributed by atoms with Gasteiger partial charge in [0.25, 0.3) is 0 Å². The van der Waals surface area contributed by atoms with E-state index in [0.717, 1.165) is 12.2 Å². The third kappa shape index (κ3) is 5.20. The first-order valence-corrected chi connectivity index (χ1v) is 8.32. The number of hydrogen-bond donors (Lipinski definition) is 1. The van der Waals surface area contributed by atoms with Gasteiger partial charge in [-0.2, -0.15) is 0 Å². The van der Waals surface area contributed by atoms with Crippen LogP contribution in [0.2, 0.25) is 0 Å². The van der Waals surface area contributed by atoms with Gasteiger partial charge in [-0.25, -0.2) is 0 Å². The molecule has 2 rings (SSSR count). The number of nitrogens with one attached hydrogen (secondary N) is 1. The molecular formula is C19H29NO. The first kappa shape index (κ1) is 16.1. The molecule has 2 heteroatoms. The van der Waals surface area contributed by atoms with E-state index >= 15 is 0 Å². The number of ether oxygens (including phenoxy) is 1. The summed E-state index contributed by atoms with van der Waals surface area (Å²) in [6.45, 7) is 0. The van der Waals surface area contributed by atoms with Gasteiger partial charge >= 0.3 is 0 Å². The summed E-state index contributed by atoms with van der Waals surface area (Å²) in [5, 5.41) is 3.52. The number of methoxy groups -OCH3 is 1. The summed E-state index contributed by atoms with van der Waals surface area (Å²) in [7, 11) is 3.81. The van der Waals surface area contributed by atoms with Crippen LogP contribution in [0, 0.1) is 0 Å². The van der Waals surface area contributed by atoms with Crippen molar-refractivity contribution in [2.45, 2.75) is 57.4 Å². The zero-order chi connectivity index (χ0) is 14.9. The second-order valence-corrected chi connectivity index (χ2v) is 5.96. The summed E-state index contributed by atoms with van der Waals surface area (Å²) >= 11 is 0. The monoisotopic (exact) mass is 287 g/mol. The van der Waals surface area contributed by atoms with E-state index in [9.17, 15) is 0 Å². The predicted octanol–water partition coefficient (Wildman–Crippen LogP) is 4.50. The molecule has 1 unspecified atom stereocenters. The van der Waals surface area contributed by atoms with Gasteiger partial charge in [0.2, 0.25) is 0 Å². The molecule has 0 saturated carbocycles. The van der Waals surface area contributed by atoms with Crippen LogP contribution in [0.5, 0.6) is 5.75 Å². The Balaban J connectivity index is 1.91. The Morgan fingerprint density at radius 3 is 2.57 bits per heavy atom. The van der Waals surface area contributed by atoms with Crippen LogP contribution >= 0.6 is 0 Å². The highest BCUT2D eigenvalue weighted by molar-refractivity contribution is 5.27. The van der Waals surface area contributed by atoms with Crippen molar-refractivity contribution in [1.29, 1.82) is 0 Å². The van der Waals surface area contributed by atoms with E-state index in [4.69, 9.17) is 4.74 Å². The van der Waals surface area contributed by atoms with Crippen LogP contribution in [0.25, 0.3) is 0 Å². The lowest BCUT2D eigenvalue weighted by atomic mass is 9.91. The Hall–Kier alpha value is -1.28. The molecule has 21 heavy (non-hydrogen) atoms. The molecule has 0 aliphatic heterocycles. The first-order valence-electron chi connectivity index (χ1n) is 8.32. The summed E-state index contributed by atoms with van der Waals surface area (Å²) in [4.78, 5) is 0. The molecular weight excluding hydrogens is 258 g/mol. The Morgan fingerprint density at radius 1 is 1.10 bits per heavy atom. The maximum Gasteiger partial charge on any atom is 0.118 e. The van der Waals surface area contributed by atoms with Crippen LogP contribution in [0.4, 0.5) is 0 Å². The molecule has 1 N–H and O–H groups in total. The fourth-order valence-electron chi connectivity index (χ4n) is 3.15. The van der Waals surface area contributed by atoms with Crippen molar-refractivity contribution in [3.05, 3.63) is 41.5 Å². The van der Waals surface area contributed by atoms with E-state index in [1.165, 1.54) is 50.5 Å². The molecule has 1 aromatic rings. The maximum absolute atomic E-state index is 5.22. The van der Waals surface area contributed by atoms with Gasteiger partial charge in [0.05, 0.1) is 7.11 Å². The molecule has 1 aliphatic rings. The summed E-state index contributed by atoms with van der Waals surface area (Å²) < 4.78 is 5.22. The molecule has 0 fully saturated rings. The van der Waals surface area contributed by atoms with Crippen LogP contribution in [0.1, 0.15) is 50.5 Å². The average Bonchev–Trinajstić information content (AvgIpc) is 2.50. The highest BCUT2D eigenvalue weighted by atomic mass is 16.5. The van der Waals surface area contributed by atoms with Crippen molar-refractivity contribution in [3.63, 3.8) is 0 Å². The minimum atomic E-state index is 0.533. The van der Waals surface area contributed by atoms with Crippen LogP contribution < -0.4 is 10.1 Å². The Morgan fingerprint density at radius 2 is 1.86 bits per heavy atom. The summed E-state index contributed by atoms with van der Waals surface area (Å²) in [5.74, 6) is 0.937. The molecule has 0 amide bonds. The lowest BCUT2D eigenvalue weighted by molar-refractivity contribution is 0.414. The number of rotatable bonds is 6. The summed E-state index contributed by atoms with van der Waals surface area (Å²) in [6, 6.07) is 9.00. The van der Waals surface area contributed by atoms with Gasteiger partial charge in [-0.1, -0.05) is 36.6 Å². The zero-order valence-electron chi connectivity index (χ0n) is 13.5. The van der Waals surface area contributed by atoms with Crippen molar-refractivity contribution < 1.29 is 4.74 Å². The molecule has 0 radical (unpaired) electrons. The number of benzene rings is 1. The van der Waals surface area contributed by atoms with Crippen molar-refractivity contribution in [1.82, 2.24) is 5.32 Å². The fraction of sp³-hybridized carbons (Fsp3) is 0.579. The molecule has 0 saturated heterocycles. The number of allylic oxidation sites excluding steroid dienone is 1. The van der Waals surface area contributed by atoms with Gasteiger partial charge in [-0.05, 0) is 63.3 Å². The van der Waals surface area contributed by atoms with Gasteiger partial charge in [0.15, 0.2) is 0 Å². The quantitative estimate of drug-likeness (QED) is 0.778. The standard InChI is InChI=1S/C19H29NO/c1-20-19(17-8-6-4-3-5-7-9-17)15-12-16-10-13-18(21-2)14-11-16/h8,10-11,13-14,19-20H,3-7,9,12,15H2,1-2H3/b17-8+. The van der Waals surface area contributed by atoms with E-state index in [1.54, 1.807) is 12.7 Å². The molecule has 1 atom stereocenters. The average molecular weight is 287 g/mol. The zero-order valence-corrected chi connectivity index (χ0v) is 13.5. The highest BCUT2D eigenvalue weighted by Crippen LogP contribution is 2.22. The van der Waals surface area contributed by atoms with Gasteiger partial charge in [0, 0.05) is 6.04 Å². The Bertz CT molecular complexity index is 435. The van der Waals surface area contributed by atoms with Gasteiger partial charge < -0.3 is 10.1 Å². The topological polar surface area (TPSA) is 21.3 Å². The molecule has 0 aromatic heterocycles. The van der Waals surface area contributed by atoms with Crippen LogP contribution in [-0.2, 0) is 6.42 Å². The van der Waals surface area contributed by atoms with Crippen molar-refractivity contribution in [2.75, 3.05) is 14.2 Å². The van der Waals surface area contributed by atoms with E-state index in [1.807, 2.05) is 0 Å². The smallest absolute Gasteiger partial charge is 0.118 e. The van der Waals surface area contributed by atoms with Crippen molar-refractivity contribution in [3.8, 4) is 5.75 Å². The van der Waals surface area contributed by atoms with Crippen LogP contribution in [0.15, 0.2) is 35.9 Å².